The quantitative estimate of drug-likeness (QED) is 0.843. The molecule has 14 heavy (non-hydrogen) atoms. The number of hydrogen-bond acceptors (Lipinski definition) is 2. The predicted octanol–water partition coefficient (Wildman–Crippen LogP) is 2.47. The van der Waals surface area contributed by atoms with Crippen molar-refractivity contribution in [1.29, 1.82) is 0 Å². The molecule has 4 heteroatoms. The summed E-state index contributed by atoms with van der Waals surface area (Å²) in [4.78, 5) is 10.1. The Morgan fingerprint density at radius 3 is 3.00 bits per heavy atom. The number of rotatable bonds is 4. The number of halogens is 1. The van der Waals surface area contributed by atoms with Crippen molar-refractivity contribution >= 4 is 21.9 Å². The molecule has 1 N–H and O–H groups in total. The fourth-order valence-electron chi connectivity index (χ4n) is 0.850. The standard InChI is InChI=1S/C10H9BrO3/c11-8-3-1-4-9(7-8)14-6-2-5-10(12)13/h1-5,7H,6H2,(H,12,13)/b5-2+. The van der Waals surface area contributed by atoms with Gasteiger partial charge < -0.3 is 9.84 Å². The molecule has 0 aliphatic carbocycles. The highest BCUT2D eigenvalue weighted by atomic mass is 79.9. The molecule has 0 atom stereocenters. The van der Waals surface area contributed by atoms with E-state index >= 15 is 0 Å². The first-order chi connectivity index (χ1) is 6.68. The van der Waals surface area contributed by atoms with Crippen molar-refractivity contribution in [3.8, 4) is 5.75 Å². The van der Waals surface area contributed by atoms with E-state index in [0.29, 0.717) is 5.75 Å². The van der Waals surface area contributed by atoms with E-state index in [4.69, 9.17) is 9.84 Å². The normalized spacial score (nSPS) is 10.4. The first-order valence-corrected chi connectivity index (χ1v) is 4.75. The van der Waals surface area contributed by atoms with E-state index in [9.17, 15) is 4.79 Å². The Balaban J connectivity index is 2.42. The monoisotopic (exact) mass is 256 g/mol. The molecule has 0 bridgehead atoms. The van der Waals surface area contributed by atoms with Crippen LogP contribution in [0.5, 0.6) is 5.75 Å². The summed E-state index contributed by atoms with van der Waals surface area (Å²) in [5, 5.41) is 8.30. The summed E-state index contributed by atoms with van der Waals surface area (Å²) in [7, 11) is 0. The first kappa shape index (κ1) is 10.8. The van der Waals surface area contributed by atoms with Gasteiger partial charge in [-0.25, -0.2) is 4.79 Å². The van der Waals surface area contributed by atoms with Gasteiger partial charge in [-0.2, -0.15) is 0 Å². The molecule has 0 spiro atoms. The topological polar surface area (TPSA) is 46.5 Å². The molecule has 0 radical (unpaired) electrons. The maximum atomic E-state index is 10.1. The van der Waals surface area contributed by atoms with Crippen molar-refractivity contribution in [2.24, 2.45) is 0 Å². The van der Waals surface area contributed by atoms with Gasteiger partial charge in [-0.1, -0.05) is 22.0 Å². The van der Waals surface area contributed by atoms with Crippen molar-refractivity contribution in [3.05, 3.63) is 40.9 Å². The number of carbonyl (C=O) groups is 1. The van der Waals surface area contributed by atoms with Crippen molar-refractivity contribution in [1.82, 2.24) is 0 Å². The summed E-state index contributed by atoms with van der Waals surface area (Å²) in [6.07, 6.45) is 2.50. The van der Waals surface area contributed by atoms with E-state index in [1.54, 1.807) is 6.07 Å². The lowest BCUT2D eigenvalue weighted by Crippen LogP contribution is -1.95. The summed E-state index contributed by atoms with van der Waals surface area (Å²) in [5.41, 5.74) is 0. The summed E-state index contributed by atoms with van der Waals surface area (Å²) >= 11 is 3.30. The van der Waals surface area contributed by atoms with E-state index in [2.05, 4.69) is 15.9 Å². The largest absolute Gasteiger partial charge is 0.489 e. The third-order valence-electron chi connectivity index (χ3n) is 1.40. The van der Waals surface area contributed by atoms with Crippen LogP contribution < -0.4 is 4.74 Å². The molecule has 74 valence electrons. The highest BCUT2D eigenvalue weighted by Crippen LogP contribution is 2.17. The third kappa shape index (κ3) is 4.09. The minimum atomic E-state index is -0.970. The van der Waals surface area contributed by atoms with Crippen LogP contribution in [0.4, 0.5) is 0 Å². The molecule has 0 aliphatic rings. The molecule has 0 aromatic heterocycles. The zero-order valence-corrected chi connectivity index (χ0v) is 8.90. The van der Waals surface area contributed by atoms with Crippen molar-refractivity contribution in [2.75, 3.05) is 6.61 Å². The molecule has 1 aromatic rings. The first-order valence-electron chi connectivity index (χ1n) is 3.96. The van der Waals surface area contributed by atoms with Crippen molar-refractivity contribution < 1.29 is 14.6 Å². The molecule has 3 nitrogen and oxygen atoms in total. The van der Waals surface area contributed by atoms with Gasteiger partial charge in [-0.05, 0) is 24.3 Å². The lowest BCUT2D eigenvalue weighted by molar-refractivity contribution is -0.131. The summed E-state index contributed by atoms with van der Waals surface area (Å²) in [6, 6.07) is 7.36. The van der Waals surface area contributed by atoms with E-state index < -0.39 is 5.97 Å². The maximum Gasteiger partial charge on any atom is 0.328 e. The van der Waals surface area contributed by atoms with Gasteiger partial charge in [-0.3, -0.25) is 0 Å². The maximum absolute atomic E-state index is 10.1. The average molecular weight is 257 g/mol. The number of aliphatic carboxylic acids is 1. The SMILES string of the molecule is O=C(O)/C=C/COc1cccc(Br)c1. The van der Waals surface area contributed by atoms with Gasteiger partial charge in [0.2, 0.25) is 0 Å². The fraction of sp³-hybridized carbons (Fsp3) is 0.100. The number of ether oxygens (including phenoxy) is 1. The number of carboxylic acid groups (broad SMARTS) is 1. The average Bonchev–Trinajstić information content (AvgIpc) is 2.12. The van der Waals surface area contributed by atoms with Crippen LogP contribution in [0.25, 0.3) is 0 Å². The Labute approximate surface area is 90.1 Å². The number of hydrogen-bond donors (Lipinski definition) is 1. The molecule has 0 aliphatic heterocycles. The number of benzene rings is 1. The lowest BCUT2D eigenvalue weighted by Gasteiger charge is -2.02. The Kier molecular flexibility index (Phi) is 4.19. The Morgan fingerprint density at radius 1 is 1.57 bits per heavy atom. The van der Waals surface area contributed by atoms with E-state index in [-0.39, 0.29) is 6.61 Å². The summed E-state index contributed by atoms with van der Waals surface area (Å²) < 4.78 is 6.19. The van der Waals surface area contributed by atoms with Crippen LogP contribution in [0, 0.1) is 0 Å². The second-order valence-corrected chi connectivity index (χ2v) is 3.42. The number of carboxylic acids is 1. The zero-order valence-electron chi connectivity index (χ0n) is 7.31. The molecular weight excluding hydrogens is 248 g/mol. The minimum absolute atomic E-state index is 0.253. The molecule has 1 aromatic carbocycles. The van der Waals surface area contributed by atoms with Gasteiger partial charge in [0.25, 0.3) is 0 Å². The Hall–Kier alpha value is -1.29. The van der Waals surface area contributed by atoms with Crippen LogP contribution in [0.2, 0.25) is 0 Å². The highest BCUT2D eigenvalue weighted by Gasteiger charge is 1.92. The van der Waals surface area contributed by atoms with E-state index in [1.807, 2.05) is 18.2 Å². The van der Waals surface area contributed by atoms with Gasteiger partial charge in [0.05, 0.1) is 0 Å². The Morgan fingerprint density at radius 2 is 2.36 bits per heavy atom. The summed E-state index contributed by atoms with van der Waals surface area (Å²) in [5.74, 6) is -0.266. The lowest BCUT2D eigenvalue weighted by atomic mass is 10.3. The molecule has 0 saturated carbocycles. The molecule has 0 fully saturated rings. The van der Waals surface area contributed by atoms with Crippen molar-refractivity contribution in [3.63, 3.8) is 0 Å². The smallest absolute Gasteiger partial charge is 0.328 e. The third-order valence-corrected chi connectivity index (χ3v) is 1.90. The second-order valence-electron chi connectivity index (χ2n) is 2.51. The molecule has 0 amide bonds. The van der Waals surface area contributed by atoms with Crippen LogP contribution in [0.1, 0.15) is 0 Å². The van der Waals surface area contributed by atoms with Crippen LogP contribution in [0.3, 0.4) is 0 Å². The van der Waals surface area contributed by atoms with Crippen LogP contribution in [-0.2, 0) is 4.79 Å². The van der Waals surface area contributed by atoms with Gasteiger partial charge in [0, 0.05) is 10.5 Å². The Bertz CT molecular complexity index is 347. The molecule has 0 unspecified atom stereocenters. The molecular formula is C10H9BrO3. The van der Waals surface area contributed by atoms with E-state index in [1.165, 1.54) is 6.08 Å². The second kappa shape index (κ2) is 5.44. The fourth-order valence-corrected chi connectivity index (χ4v) is 1.23. The molecule has 0 heterocycles. The van der Waals surface area contributed by atoms with Gasteiger partial charge in [0.15, 0.2) is 0 Å². The predicted molar refractivity (Wildman–Crippen MR) is 56.4 cm³/mol. The minimum Gasteiger partial charge on any atom is -0.489 e. The molecule has 0 saturated heterocycles. The van der Waals surface area contributed by atoms with Crippen LogP contribution >= 0.6 is 15.9 Å². The van der Waals surface area contributed by atoms with Gasteiger partial charge >= 0.3 is 5.97 Å². The molecule has 1 rings (SSSR count). The van der Waals surface area contributed by atoms with Gasteiger partial charge in [-0.15, -0.1) is 0 Å². The van der Waals surface area contributed by atoms with Crippen molar-refractivity contribution in [2.45, 2.75) is 0 Å². The van der Waals surface area contributed by atoms with Gasteiger partial charge in [0.1, 0.15) is 12.4 Å². The highest BCUT2D eigenvalue weighted by molar-refractivity contribution is 9.10. The van der Waals surface area contributed by atoms with E-state index in [0.717, 1.165) is 10.5 Å². The zero-order chi connectivity index (χ0) is 10.4. The van der Waals surface area contributed by atoms with Crippen LogP contribution in [-0.4, -0.2) is 17.7 Å². The van der Waals surface area contributed by atoms with Crippen LogP contribution in [0.15, 0.2) is 40.9 Å². The summed E-state index contributed by atoms with van der Waals surface area (Å²) in [6.45, 7) is 0.253.